The molecule has 0 N–H and O–H groups in total. The van der Waals surface area contributed by atoms with Crippen LogP contribution in [0, 0.1) is 5.41 Å². The lowest BCUT2D eigenvalue weighted by molar-refractivity contribution is -0.142. The molecule has 0 bridgehead atoms. The minimum Gasteiger partial charge on any atom is -0.329 e. The van der Waals surface area contributed by atoms with E-state index in [1.165, 1.54) is 6.07 Å². The Kier molecular flexibility index (Phi) is 7.31. The fraction of sp³-hybridized carbons (Fsp3) is 0.562. The average molecular weight is 431 g/mol. The van der Waals surface area contributed by atoms with E-state index in [0.29, 0.717) is 9.37 Å². The summed E-state index contributed by atoms with van der Waals surface area (Å²) < 4.78 is 64.1. The van der Waals surface area contributed by atoms with Crippen molar-refractivity contribution in [3.05, 3.63) is 28.8 Å². The lowest BCUT2D eigenvalue weighted by atomic mass is 9.95. The van der Waals surface area contributed by atoms with E-state index in [4.69, 9.17) is 11.6 Å². The number of carbonyl (C=O) groups excluding carboxylic acids is 1. The van der Waals surface area contributed by atoms with Gasteiger partial charge in [0.25, 0.3) is 15.9 Å². The molecule has 1 amide bonds. The summed E-state index contributed by atoms with van der Waals surface area (Å²) in [7, 11) is -1.94. The summed E-state index contributed by atoms with van der Waals surface area (Å²) in [5.74, 6) is -0.949. The monoisotopic (exact) mass is 430 g/mol. The van der Waals surface area contributed by atoms with Gasteiger partial charge in [-0.2, -0.15) is 13.2 Å². The van der Waals surface area contributed by atoms with Crippen molar-refractivity contribution in [2.24, 2.45) is 5.41 Å². The first-order valence-corrected chi connectivity index (χ1v) is 9.59. The Labute approximate surface area is 161 Å². The quantitative estimate of drug-likeness (QED) is 0.647. The van der Waals surface area contributed by atoms with E-state index in [0.717, 1.165) is 26.3 Å². The molecule has 0 aliphatic carbocycles. The number of carbonyl (C=O) groups is 1. The van der Waals surface area contributed by atoms with Crippen LogP contribution in [0.3, 0.4) is 0 Å². The summed E-state index contributed by atoms with van der Waals surface area (Å²) in [5, 5.41) is -0.186. The van der Waals surface area contributed by atoms with Gasteiger partial charge < -0.3 is 4.90 Å². The van der Waals surface area contributed by atoms with Crippen molar-refractivity contribution in [3.8, 4) is 0 Å². The maximum Gasteiger partial charge on any atom is 0.406 e. The first-order valence-electron chi connectivity index (χ1n) is 7.77. The third-order valence-corrected chi connectivity index (χ3v) is 5.54. The second kappa shape index (κ2) is 8.34. The Hall–Kier alpha value is -1.36. The zero-order chi connectivity index (χ0) is 21.2. The van der Waals surface area contributed by atoms with E-state index in [-0.39, 0.29) is 17.1 Å². The molecule has 0 saturated heterocycles. The van der Waals surface area contributed by atoms with E-state index >= 15 is 0 Å². The van der Waals surface area contributed by atoms with Crippen LogP contribution < -0.4 is 0 Å². The number of sulfonamides is 1. The highest BCUT2D eigenvalue weighted by Gasteiger charge is 2.35. The van der Waals surface area contributed by atoms with E-state index in [2.05, 4.69) is 4.84 Å². The fourth-order valence-electron chi connectivity index (χ4n) is 2.24. The van der Waals surface area contributed by atoms with Gasteiger partial charge in [-0.05, 0) is 23.6 Å². The molecule has 0 saturated carbocycles. The van der Waals surface area contributed by atoms with Gasteiger partial charge in [-0.1, -0.05) is 36.8 Å². The molecule has 154 valence electrons. The van der Waals surface area contributed by atoms with Gasteiger partial charge in [0.05, 0.1) is 12.1 Å². The third-order valence-electron chi connectivity index (χ3n) is 3.37. The zero-order valence-corrected chi connectivity index (χ0v) is 17.2. The fourth-order valence-corrected chi connectivity index (χ4v) is 3.72. The number of halogens is 4. The van der Waals surface area contributed by atoms with Crippen LogP contribution >= 0.6 is 11.6 Å². The van der Waals surface area contributed by atoms with E-state index in [9.17, 15) is 26.4 Å². The normalized spacial score (nSPS) is 13.1. The molecule has 1 rings (SSSR count). The summed E-state index contributed by atoms with van der Waals surface area (Å²) in [6, 6.07) is 3.28. The third kappa shape index (κ3) is 6.63. The lowest BCUT2D eigenvalue weighted by Gasteiger charge is -2.31. The maximum atomic E-state index is 12.9. The molecule has 0 unspecified atom stereocenters. The molecule has 0 heterocycles. The van der Waals surface area contributed by atoms with Gasteiger partial charge in [0.1, 0.15) is 11.4 Å². The van der Waals surface area contributed by atoms with E-state index in [1.807, 2.05) is 0 Å². The van der Waals surface area contributed by atoms with Gasteiger partial charge in [0.2, 0.25) is 0 Å². The number of nitrogens with zero attached hydrogens (tertiary/aromatic N) is 2. The topological polar surface area (TPSA) is 66.9 Å². The SMILES string of the molecule is CON(C)S(=O)(=O)c1cc(C(=O)N(CC(C)(C)C)CC(F)(F)F)ccc1Cl. The summed E-state index contributed by atoms with van der Waals surface area (Å²) in [4.78, 5) is 17.5. The van der Waals surface area contributed by atoms with Crippen molar-refractivity contribution >= 4 is 27.5 Å². The average Bonchev–Trinajstić information content (AvgIpc) is 2.50. The number of hydrogen-bond acceptors (Lipinski definition) is 4. The molecule has 11 heteroatoms. The molecule has 0 radical (unpaired) electrons. The Bertz CT molecular complexity index is 776. The van der Waals surface area contributed by atoms with Gasteiger partial charge in [-0.3, -0.25) is 9.63 Å². The number of rotatable bonds is 6. The number of alkyl halides is 3. The van der Waals surface area contributed by atoms with Gasteiger partial charge in [0, 0.05) is 19.2 Å². The van der Waals surface area contributed by atoms with Gasteiger partial charge in [-0.15, -0.1) is 0 Å². The smallest absolute Gasteiger partial charge is 0.329 e. The maximum absolute atomic E-state index is 12.9. The van der Waals surface area contributed by atoms with Gasteiger partial charge in [0.15, 0.2) is 0 Å². The molecule has 1 aromatic rings. The van der Waals surface area contributed by atoms with E-state index in [1.54, 1.807) is 20.8 Å². The summed E-state index contributed by atoms with van der Waals surface area (Å²) in [6.45, 7) is 3.44. The van der Waals surface area contributed by atoms with Crippen LogP contribution in [-0.2, 0) is 14.9 Å². The predicted octanol–water partition coefficient (Wildman–Crippen LogP) is 3.57. The first kappa shape index (κ1) is 23.7. The number of hydrogen-bond donors (Lipinski definition) is 0. The number of hydroxylamine groups is 1. The van der Waals surface area contributed by atoms with Crippen molar-refractivity contribution in [1.82, 2.24) is 9.37 Å². The van der Waals surface area contributed by atoms with Crippen LogP contribution in [0.2, 0.25) is 5.02 Å². The van der Waals surface area contributed by atoms with Gasteiger partial charge >= 0.3 is 6.18 Å². The summed E-state index contributed by atoms with van der Waals surface area (Å²) in [5.41, 5.74) is -0.825. The van der Waals surface area contributed by atoms with Crippen LogP contribution in [-0.4, -0.2) is 57.1 Å². The minimum absolute atomic E-state index is 0.173. The molecule has 1 aromatic carbocycles. The highest BCUT2D eigenvalue weighted by atomic mass is 35.5. The molecule has 6 nitrogen and oxygen atoms in total. The lowest BCUT2D eigenvalue weighted by Crippen LogP contribution is -2.43. The molecule has 0 fully saturated rings. The first-order chi connectivity index (χ1) is 12.1. The Balaban J connectivity index is 3.37. The van der Waals surface area contributed by atoms with Crippen molar-refractivity contribution in [1.29, 1.82) is 0 Å². The van der Waals surface area contributed by atoms with E-state index < -0.39 is 39.0 Å². The van der Waals surface area contributed by atoms with Crippen LogP contribution in [0.1, 0.15) is 31.1 Å². The van der Waals surface area contributed by atoms with Crippen molar-refractivity contribution in [3.63, 3.8) is 0 Å². The molecule has 0 aliphatic heterocycles. The standard InChI is InChI=1S/C16H22ClF3N2O4S/c1-15(2,3)9-22(10-16(18,19)20)14(23)11-6-7-12(17)13(8-11)27(24,25)21(4)26-5/h6-8H,9-10H2,1-5H3. The molecule has 0 aromatic heterocycles. The predicted molar refractivity (Wildman–Crippen MR) is 94.8 cm³/mol. The molecular weight excluding hydrogens is 409 g/mol. The minimum atomic E-state index is -4.60. The summed E-state index contributed by atoms with van der Waals surface area (Å²) >= 11 is 5.91. The largest absolute Gasteiger partial charge is 0.406 e. The second-order valence-electron chi connectivity index (χ2n) is 7.08. The van der Waals surface area contributed by atoms with Crippen molar-refractivity contribution in [2.75, 3.05) is 27.2 Å². The van der Waals surface area contributed by atoms with Gasteiger partial charge in [-0.25, -0.2) is 8.42 Å². The Morgan fingerprint density at radius 2 is 1.74 bits per heavy atom. The highest BCUT2D eigenvalue weighted by molar-refractivity contribution is 7.89. The highest BCUT2D eigenvalue weighted by Crippen LogP contribution is 2.28. The van der Waals surface area contributed by atoms with Crippen LogP contribution in [0.5, 0.6) is 0 Å². The van der Waals surface area contributed by atoms with Crippen LogP contribution in [0.4, 0.5) is 13.2 Å². The molecule has 0 atom stereocenters. The number of amides is 1. The molecule has 27 heavy (non-hydrogen) atoms. The van der Waals surface area contributed by atoms with Crippen LogP contribution in [0.15, 0.2) is 23.1 Å². The van der Waals surface area contributed by atoms with Crippen molar-refractivity contribution in [2.45, 2.75) is 31.8 Å². The Morgan fingerprint density at radius 1 is 1.19 bits per heavy atom. The Morgan fingerprint density at radius 3 is 2.19 bits per heavy atom. The molecule has 0 spiro atoms. The second-order valence-corrected chi connectivity index (χ2v) is 9.39. The molecular formula is C16H22ClF3N2O4S. The summed E-state index contributed by atoms with van der Waals surface area (Å²) in [6.07, 6.45) is -4.60. The number of benzene rings is 1. The zero-order valence-electron chi connectivity index (χ0n) is 15.6. The van der Waals surface area contributed by atoms with Crippen molar-refractivity contribution < 1.29 is 31.2 Å². The molecule has 0 aliphatic rings. The van der Waals surface area contributed by atoms with Crippen LogP contribution in [0.25, 0.3) is 0 Å².